The summed E-state index contributed by atoms with van der Waals surface area (Å²) in [4.78, 5) is 0. The Morgan fingerprint density at radius 3 is 2.02 bits per heavy atom. The summed E-state index contributed by atoms with van der Waals surface area (Å²) in [5, 5.41) is 4.16. The average molecular weight is 661 g/mol. The van der Waals surface area contributed by atoms with Crippen molar-refractivity contribution in [1.29, 1.82) is 0 Å². The highest BCUT2D eigenvalue weighted by Gasteiger charge is 2.19. The second kappa shape index (κ2) is 10.9. The summed E-state index contributed by atoms with van der Waals surface area (Å²) in [5.74, 6) is 0. The molecule has 0 N–H and O–H groups in total. The smallest absolute Gasteiger partial charge is 0.143 e. The molecule has 1 heteroatoms. The van der Waals surface area contributed by atoms with E-state index in [1.54, 1.807) is 12.1 Å². The Kier molecular flexibility index (Phi) is 3.81. The average Bonchev–Trinajstić information content (AvgIpc) is 3.71. The molecule has 0 spiro atoms. The molecular formula is C50H30O. The van der Waals surface area contributed by atoms with Gasteiger partial charge in [0.15, 0.2) is 0 Å². The molecule has 0 bridgehead atoms. The van der Waals surface area contributed by atoms with Crippen molar-refractivity contribution in [3.8, 4) is 33.4 Å². The van der Waals surface area contributed by atoms with Crippen molar-refractivity contribution >= 4 is 75.8 Å². The van der Waals surface area contributed by atoms with Gasteiger partial charge in [-0.05, 0) is 106 Å². The zero-order valence-electron chi connectivity index (χ0n) is 40.6. The summed E-state index contributed by atoms with van der Waals surface area (Å²) in [6.45, 7) is 0. The maximum absolute atomic E-state index is 9.53. The molecule has 1 heterocycles. The highest BCUT2D eigenvalue weighted by atomic mass is 16.3. The third kappa shape index (κ3) is 4.22. The van der Waals surface area contributed by atoms with Gasteiger partial charge in [-0.25, -0.2) is 0 Å². The first-order valence-electron chi connectivity index (χ1n) is 23.4. The fourth-order valence-electron chi connectivity index (χ4n) is 7.58. The van der Waals surface area contributed by atoms with Crippen LogP contribution in [0.15, 0.2) is 186 Å². The number of benzene rings is 10. The molecule has 0 aliphatic heterocycles. The fourth-order valence-corrected chi connectivity index (χ4v) is 7.58. The van der Waals surface area contributed by atoms with Crippen LogP contribution in [0, 0.1) is 0 Å². The molecule has 0 amide bonds. The standard InChI is InChI=1S/C50H30O/c1-2-13-34-29-36(26-23-31(34)11-1)47-39-16-5-7-18-41(39)48(42-19-8-6-17-40(42)47)43-21-9-14-33-24-25-35(30-45(33)43)37-20-10-22-46-49(37)44-28-27-32-12-3-4-15-38(32)50(44)51-46/h1-30H/i1D,2D,5D,6D,7D,8D,11D,13D,16D,17D,18D,23D,26D,29D. The number of furan rings is 1. The molecule has 236 valence electrons. The van der Waals surface area contributed by atoms with Gasteiger partial charge in [0.1, 0.15) is 11.2 Å². The highest BCUT2D eigenvalue weighted by Crippen LogP contribution is 2.47. The van der Waals surface area contributed by atoms with Crippen LogP contribution in [-0.2, 0) is 0 Å². The van der Waals surface area contributed by atoms with Crippen LogP contribution in [0.5, 0.6) is 0 Å². The number of rotatable bonds is 3. The molecule has 11 aromatic rings. The van der Waals surface area contributed by atoms with E-state index in [-0.39, 0.29) is 49.5 Å². The minimum atomic E-state index is -0.681. The molecule has 11 rings (SSSR count). The Morgan fingerprint density at radius 2 is 1.10 bits per heavy atom. The van der Waals surface area contributed by atoms with E-state index in [9.17, 15) is 6.85 Å². The lowest BCUT2D eigenvalue weighted by Crippen LogP contribution is -1.92. The number of hydrogen-bond donors (Lipinski definition) is 0. The summed E-state index contributed by atoms with van der Waals surface area (Å²) in [7, 11) is 0. The van der Waals surface area contributed by atoms with Gasteiger partial charge in [-0.2, -0.15) is 0 Å². The lowest BCUT2D eigenvalue weighted by atomic mass is 9.84. The van der Waals surface area contributed by atoms with Crippen molar-refractivity contribution in [1.82, 2.24) is 0 Å². The van der Waals surface area contributed by atoms with Gasteiger partial charge in [-0.3, -0.25) is 0 Å². The Morgan fingerprint density at radius 1 is 0.392 bits per heavy atom. The van der Waals surface area contributed by atoms with Crippen LogP contribution < -0.4 is 0 Å². The van der Waals surface area contributed by atoms with E-state index in [4.69, 9.17) is 16.8 Å². The number of fused-ring (bicyclic) bond motifs is 9. The topological polar surface area (TPSA) is 13.1 Å². The van der Waals surface area contributed by atoms with Gasteiger partial charge in [0.25, 0.3) is 0 Å². The van der Waals surface area contributed by atoms with Crippen LogP contribution in [0.25, 0.3) is 109 Å². The van der Waals surface area contributed by atoms with Gasteiger partial charge >= 0.3 is 0 Å². The van der Waals surface area contributed by atoms with Crippen molar-refractivity contribution in [2.24, 2.45) is 0 Å². The fraction of sp³-hybridized carbons (Fsp3) is 0. The van der Waals surface area contributed by atoms with Gasteiger partial charge < -0.3 is 4.42 Å². The Balaban J connectivity index is 1.31. The molecule has 0 saturated heterocycles. The molecule has 0 aliphatic rings. The summed E-state index contributed by atoms with van der Waals surface area (Å²) in [5.41, 5.74) is 3.11. The van der Waals surface area contributed by atoms with Gasteiger partial charge in [-0.15, -0.1) is 0 Å². The summed E-state index contributed by atoms with van der Waals surface area (Å²) in [6, 6.07) is 22.3. The normalized spacial score (nSPS) is 15.8. The maximum Gasteiger partial charge on any atom is 0.143 e. The third-order valence-corrected chi connectivity index (χ3v) is 9.80. The summed E-state index contributed by atoms with van der Waals surface area (Å²) in [6.07, 6.45) is 0. The number of hydrogen-bond acceptors (Lipinski definition) is 1. The monoisotopic (exact) mass is 660 g/mol. The van der Waals surface area contributed by atoms with E-state index in [1.807, 2.05) is 72.8 Å². The quantitative estimate of drug-likeness (QED) is 0.172. The van der Waals surface area contributed by atoms with Gasteiger partial charge in [0, 0.05) is 16.2 Å². The second-order valence-corrected chi connectivity index (χ2v) is 12.5. The molecule has 0 atom stereocenters. The molecule has 0 unspecified atom stereocenters. The maximum atomic E-state index is 9.53. The van der Waals surface area contributed by atoms with Crippen molar-refractivity contribution in [2.75, 3.05) is 0 Å². The molecule has 1 nitrogen and oxygen atoms in total. The first kappa shape index (κ1) is 17.8. The lowest BCUT2D eigenvalue weighted by molar-refractivity contribution is 0.673. The van der Waals surface area contributed by atoms with Crippen molar-refractivity contribution in [3.63, 3.8) is 0 Å². The third-order valence-electron chi connectivity index (χ3n) is 9.80. The van der Waals surface area contributed by atoms with Crippen LogP contribution in [0.2, 0.25) is 0 Å². The molecule has 0 saturated carbocycles. The van der Waals surface area contributed by atoms with Gasteiger partial charge in [0.05, 0.1) is 19.2 Å². The van der Waals surface area contributed by atoms with E-state index < -0.39 is 84.1 Å². The van der Waals surface area contributed by atoms with Crippen molar-refractivity contribution in [3.05, 3.63) is 182 Å². The van der Waals surface area contributed by atoms with Crippen LogP contribution in [0.3, 0.4) is 0 Å². The Bertz CT molecular complexity index is 4010. The van der Waals surface area contributed by atoms with Crippen molar-refractivity contribution in [2.45, 2.75) is 0 Å². The van der Waals surface area contributed by atoms with E-state index >= 15 is 0 Å². The zero-order valence-corrected chi connectivity index (χ0v) is 26.6. The zero-order chi connectivity index (χ0) is 45.7. The first-order chi connectivity index (χ1) is 31.1. The van der Waals surface area contributed by atoms with Gasteiger partial charge in [0.2, 0.25) is 0 Å². The Hall–Kier alpha value is -6.70. The van der Waals surface area contributed by atoms with E-state index in [0.29, 0.717) is 16.5 Å². The Labute approximate surface area is 314 Å². The summed E-state index contributed by atoms with van der Waals surface area (Å²) < 4.78 is 133. The van der Waals surface area contributed by atoms with Crippen LogP contribution in [-0.4, -0.2) is 0 Å². The minimum absolute atomic E-state index is 0.0665. The minimum Gasteiger partial charge on any atom is -0.455 e. The predicted octanol–water partition coefficient (Wildman–Crippen LogP) is 14.4. The second-order valence-electron chi connectivity index (χ2n) is 12.5. The predicted molar refractivity (Wildman–Crippen MR) is 218 cm³/mol. The van der Waals surface area contributed by atoms with E-state index in [2.05, 4.69) is 6.07 Å². The first-order valence-corrected chi connectivity index (χ1v) is 16.4. The van der Waals surface area contributed by atoms with E-state index in [0.717, 1.165) is 43.6 Å². The largest absolute Gasteiger partial charge is 0.455 e. The molecule has 0 radical (unpaired) electrons. The molecule has 0 fully saturated rings. The van der Waals surface area contributed by atoms with Crippen LogP contribution >= 0.6 is 0 Å². The molecule has 51 heavy (non-hydrogen) atoms. The lowest BCUT2D eigenvalue weighted by Gasteiger charge is -2.19. The van der Waals surface area contributed by atoms with E-state index in [1.165, 1.54) is 6.07 Å². The van der Waals surface area contributed by atoms with Crippen LogP contribution in [0.4, 0.5) is 0 Å². The highest BCUT2D eigenvalue weighted by molar-refractivity contribution is 6.24. The molecular weight excluding hydrogens is 617 g/mol. The van der Waals surface area contributed by atoms with Crippen molar-refractivity contribution < 1.29 is 23.6 Å². The molecule has 10 aromatic carbocycles. The van der Waals surface area contributed by atoms with Gasteiger partial charge in [-0.1, -0.05) is 157 Å². The summed E-state index contributed by atoms with van der Waals surface area (Å²) >= 11 is 0. The van der Waals surface area contributed by atoms with Crippen LogP contribution in [0.1, 0.15) is 19.2 Å². The SMILES string of the molecule is [2H]c1cc2c(-c3cccc4ccc(-c5cccc6oc7c8ccccc8ccc7c56)cc34)c3c([2H])c([2H])c([2H])c([2H])c3c(-c3c([2H])c([2H])c4c([2H])c([2H])c([2H])c([2H])c4c3[2H])c2c([2H])c1[2H]. The molecule has 1 aromatic heterocycles. The molecule has 0 aliphatic carbocycles.